The van der Waals surface area contributed by atoms with Crippen LogP contribution < -0.4 is 10.7 Å². The number of likely N-dealkylation sites (N-methyl/N-ethyl adjacent to an activating group) is 1. The number of hydrazine groups is 1. The fourth-order valence-corrected chi connectivity index (χ4v) is 2.04. The van der Waals surface area contributed by atoms with Crippen molar-refractivity contribution in [3.05, 3.63) is 23.8 Å². The molecule has 7 heteroatoms. The number of rotatable bonds is 2. The number of phenols is 1. The topological polar surface area (TPSA) is 84.9 Å². The summed E-state index contributed by atoms with van der Waals surface area (Å²) in [5, 5.41) is 13.8. The van der Waals surface area contributed by atoms with Crippen LogP contribution in [0.1, 0.15) is 5.56 Å². The summed E-state index contributed by atoms with van der Waals surface area (Å²) < 4.78 is 0. The lowest BCUT2D eigenvalue weighted by molar-refractivity contribution is -0.139. The molecule has 0 saturated carbocycles. The summed E-state index contributed by atoms with van der Waals surface area (Å²) in [7, 11) is 2.01. The van der Waals surface area contributed by atoms with Gasteiger partial charge < -0.3 is 15.3 Å². The normalized spacial score (nSPS) is 16.5. The molecule has 0 radical (unpaired) electrons. The van der Waals surface area contributed by atoms with Gasteiger partial charge in [-0.1, -0.05) is 6.07 Å². The average Bonchev–Trinajstić information content (AvgIpc) is 2.44. The molecule has 1 fully saturated rings. The van der Waals surface area contributed by atoms with Crippen LogP contribution in [0, 0.1) is 6.92 Å². The number of amides is 2. The van der Waals surface area contributed by atoms with E-state index < -0.39 is 11.8 Å². The van der Waals surface area contributed by atoms with Gasteiger partial charge in [0.1, 0.15) is 5.75 Å². The highest BCUT2D eigenvalue weighted by Crippen LogP contribution is 2.23. The van der Waals surface area contributed by atoms with Crippen LogP contribution >= 0.6 is 0 Å². The largest absolute Gasteiger partial charge is 0.506 e. The molecule has 2 amide bonds. The Kier molecular flexibility index (Phi) is 4.77. The lowest BCUT2D eigenvalue weighted by Crippen LogP contribution is -2.54. The summed E-state index contributed by atoms with van der Waals surface area (Å²) >= 11 is 0. The van der Waals surface area contributed by atoms with E-state index in [0.29, 0.717) is 13.1 Å². The summed E-state index contributed by atoms with van der Waals surface area (Å²) in [6.07, 6.45) is 0. The smallest absolute Gasteiger partial charge is 0.323 e. The van der Waals surface area contributed by atoms with Gasteiger partial charge >= 0.3 is 11.8 Å². The predicted molar refractivity (Wildman–Crippen MR) is 78.7 cm³/mol. The van der Waals surface area contributed by atoms with E-state index >= 15 is 0 Å². The summed E-state index contributed by atoms with van der Waals surface area (Å²) in [5.41, 5.74) is 3.65. The SMILES string of the molecule is Cc1ccc(NC(=O)C(=O)NN2CCN(C)CC2)c(O)c1. The van der Waals surface area contributed by atoms with Crippen molar-refractivity contribution in [1.29, 1.82) is 0 Å². The fraction of sp³-hybridized carbons (Fsp3) is 0.429. The van der Waals surface area contributed by atoms with Crippen LogP contribution in [0.25, 0.3) is 0 Å². The van der Waals surface area contributed by atoms with Gasteiger partial charge in [0.15, 0.2) is 0 Å². The highest BCUT2D eigenvalue weighted by molar-refractivity contribution is 6.39. The van der Waals surface area contributed by atoms with E-state index in [1.54, 1.807) is 17.1 Å². The summed E-state index contributed by atoms with van der Waals surface area (Å²) in [5.74, 6) is -1.59. The van der Waals surface area contributed by atoms with Crippen LogP contribution in [0.4, 0.5) is 5.69 Å². The molecular formula is C14H20N4O3. The van der Waals surface area contributed by atoms with Gasteiger partial charge in [-0.05, 0) is 31.7 Å². The Balaban J connectivity index is 1.89. The molecule has 0 aliphatic carbocycles. The van der Waals surface area contributed by atoms with E-state index in [1.165, 1.54) is 6.07 Å². The summed E-state index contributed by atoms with van der Waals surface area (Å²) in [6, 6.07) is 4.83. The number of aryl methyl sites for hydroxylation is 1. The zero-order valence-electron chi connectivity index (χ0n) is 12.2. The highest BCUT2D eigenvalue weighted by Gasteiger charge is 2.20. The monoisotopic (exact) mass is 292 g/mol. The molecule has 0 atom stereocenters. The van der Waals surface area contributed by atoms with E-state index in [2.05, 4.69) is 15.6 Å². The number of carbonyl (C=O) groups excluding carboxylic acids is 2. The third kappa shape index (κ3) is 4.17. The van der Waals surface area contributed by atoms with Gasteiger partial charge in [-0.25, -0.2) is 5.01 Å². The first kappa shape index (κ1) is 15.3. The molecule has 1 aromatic carbocycles. The first-order valence-electron chi connectivity index (χ1n) is 6.81. The molecule has 0 unspecified atom stereocenters. The Hall–Kier alpha value is -2.12. The van der Waals surface area contributed by atoms with Crippen molar-refractivity contribution in [2.24, 2.45) is 0 Å². The average molecular weight is 292 g/mol. The zero-order valence-corrected chi connectivity index (χ0v) is 12.2. The molecule has 1 saturated heterocycles. The van der Waals surface area contributed by atoms with Crippen LogP contribution in [-0.2, 0) is 9.59 Å². The fourth-order valence-electron chi connectivity index (χ4n) is 2.04. The van der Waals surface area contributed by atoms with E-state index in [1.807, 2.05) is 14.0 Å². The number of hydrogen-bond donors (Lipinski definition) is 3. The first-order chi connectivity index (χ1) is 9.95. The van der Waals surface area contributed by atoms with E-state index in [-0.39, 0.29) is 11.4 Å². The van der Waals surface area contributed by atoms with Crippen LogP contribution in [0.3, 0.4) is 0 Å². The second-order valence-electron chi connectivity index (χ2n) is 5.21. The Morgan fingerprint density at radius 3 is 2.43 bits per heavy atom. The van der Waals surface area contributed by atoms with Gasteiger partial charge in [0, 0.05) is 26.2 Å². The standard InChI is InChI=1S/C14H20N4O3/c1-10-3-4-11(12(19)9-10)15-13(20)14(21)16-18-7-5-17(2)6-8-18/h3-4,9,19H,5-8H2,1-2H3,(H,15,20)(H,16,21). The van der Waals surface area contributed by atoms with Gasteiger partial charge in [0.2, 0.25) is 0 Å². The maximum Gasteiger partial charge on any atom is 0.323 e. The van der Waals surface area contributed by atoms with E-state index in [0.717, 1.165) is 18.7 Å². The van der Waals surface area contributed by atoms with Crippen LogP contribution in [-0.4, -0.2) is 60.1 Å². The number of nitrogens with one attached hydrogen (secondary N) is 2. The maximum absolute atomic E-state index is 11.8. The Morgan fingerprint density at radius 1 is 1.14 bits per heavy atom. The zero-order chi connectivity index (χ0) is 15.4. The van der Waals surface area contributed by atoms with Gasteiger partial charge in [-0.2, -0.15) is 0 Å². The van der Waals surface area contributed by atoms with Crippen LogP contribution in [0.5, 0.6) is 5.75 Å². The number of piperazine rings is 1. The van der Waals surface area contributed by atoms with Gasteiger partial charge in [-0.3, -0.25) is 15.0 Å². The first-order valence-corrected chi connectivity index (χ1v) is 6.81. The minimum Gasteiger partial charge on any atom is -0.506 e. The van der Waals surface area contributed by atoms with Crippen LogP contribution in [0.15, 0.2) is 18.2 Å². The van der Waals surface area contributed by atoms with Crippen molar-refractivity contribution in [3.63, 3.8) is 0 Å². The van der Waals surface area contributed by atoms with Crippen molar-refractivity contribution >= 4 is 17.5 Å². The number of benzene rings is 1. The maximum atomic E-state index is 11.8. The quantitative estimate of drug-likeness (QED) is 0.524. The number of aromatic hydroxyl groups is 1. The van der Waals surface area contributed by atoms with Crippen molar-refractivity contribution in [2.45, 2.75) is 6.92 Å². The second-order valence-corrected chi connectivity index (χ2v) is 5.21. The lowest BCUT2D eigenvalue weighted by Gasteiger charge is -2.32. The minimum absolute atomic E-state index is 0.0595. The lowest BCUT2D eigenvalue weighted by atomic mass is 10.2. The number of nitrogens with zero attached hydrogens (tertiary/aromatic N) is 2. The van der Waals surface area contributed by atoms with Crippen molar-refractivity contribution in [3.8, 4) is 5.75 Å². The van der Waals surface area contributed by atoms with Crippen LogP contribution in [0.2, 0.25) is 0 Å². The molecule has 3 N–H and O–H groups in total. The molecule has 1 aliphatic rings. The highest BCUT2D eigenvalue weighted by atomic mass is 16.3. The number of anilines is 1. The van der Waals surface area contributed by atoms with E-state index in [9.17, 15) is 14.7 Å². The number of hydrogen-bond acceptors (Lipinski definition) is 5. The van der Waals surface area contributed by atoms with Gasteiger partial charge in [0.05, 0.1) is 5.69 Å². The molecule has 0 bridgehead atoms. The molecule has 114 valence electrons. The molecule has 7 nitrogen and oxygen atoms in total. The Bertz CT molecular complexity index is 539. The van der Waals surface area contributed by atoms with Gasteiger partial charge in [-0.15, -0.1) is 0 Å². The van der Waals surface area contributed by atoms with Crippen molar-refractivity contribution in [1.82, 2.24) is 15.3 Å². The number of carbonyl (C=O) groups is 2. The molecule has 1 heterocycles. The van der Waals surface area contributed by atoms with Gasteiger partial charge in [0.25, 0.3) is 0 Å². The second kappa shape index (κ2) is 6.55. The Labute approximate surface area is 123 Å². The molecule has 1 aliphatic heterocycles. The minimum atomic E-state index is -0.798. The molecule has 1 aromatic rings. The predicted octanol–water partition coefficient (Wildman–Crippen LogP) is -0.0823. The third-order valence-corrected chi connectivity index (χ3v) is 3.37. The molecule has 2 rings (SSSR count). The third-order valence-electron chi connectivity index (χ3n) is 3.37. The molecule has 0 spiro atoms. The molecular weight excluding hydrogens is 272 g/mol. The Morgan fingerprint density at radius 2 is 1.81 bits per heavy atom. The summed E-state index contributed by atoms with van der Waals surface area (Å²) in [4.78, 5) is 25.8. The molecule has 21 heavy (non-hydrogen) atoms. The van der Waals surface area contributed by atoms with Crippen molar-refractivity contribution in [2.75, 3.05) is 38.5 Å². The number of phenolic OH excluding ortho intramolecular Hbond substituents is 1. The molecule has 0 aromatic heterocycles. The summed E-state index contributed by atoms with van der Waals surface area (Å²) in [6.45, 7) is 4.84. The van der Waals surface area contributed by atoms with Crippen molar-refractivity contribution < 1.29 is 14.7 Å². The van der Waals surface area contributed by atoms with E-state index in [4.69, 9.17) is 0 Å².